The SMILES string of the molecule is O=C(Cc1ccccc1)N[C@@H]1C(=O)N2C(C(=O)O)=C(Sc3nnc(N=Cc4ccccc4O)[nH]3)CS[C@@H]12. The van der Waals surface area contributed by atoms with Crippen molar-refractivity contribution in [3.63, 3.8) is 0 Å². The van der Waals surface area contributed by atoms with E-state index < -0.39 is 23.3 Å². The zero-order valence-corrected chi connectivity index (χ0v) is 20.7. The number of nitrogens with zero attached hydrogens (tertiary/aromatic N) is 4. The maximum absolute atomic E-state index is 12.9. The number of carbonyl (C=O) groups excluding carboxylic acids is 2. The minimum absolute atomic E-state index is 0.0687. The molecule has 5 rings (SSSR count). The Bertz CT molecular complexity index is 1420. The zero-order valence-electron chi connectivity index (χ0n) is 19.1. The van der Waals surface area contributed by atoms with Crippen LogP contribution in [0.4, 0.5) is 5.95 Å². The number of para-hydroxylation sites is 1. The third-order valence-corrected chi connectivity index (χ3v) is 8.02. The van der Waals surface area contributed by atoms with Crippen LogP contribution in [-0.4, -0.2) is 71.5 Å². The van der Waals surface area contributed by atoms with Crippen molar-refractivity contribution in [3.8, 4) is 5.75 Å². The van der Waals surface area contributed by atoms with E-state index >= 15 is 0 Å². The van der Waals surface area contributed by atoms with Gasteiger partial charge in [0.25, 0.3) is 5.91 Å². The number of carboxylic acids is 1. The first kappa shape index (κ1) is 24.6. The lowest BCUT2D eigenvalue weighted by Gasteiger charge is -2.49. The van der Waals surface area contributed by atoms with Crippen LogP contribution < -0.4 is 5.32 Å². The third kappa shape index (κ3) is 5.22. The molecular formula is C24H20N6O5S2. The average molecular weight is 537 g/mol. The van der Waals surface area contributed by atoms with E-state index in [0.717, 1.165) is 17.3 Å². The van der Waals surface area contributed by atoms with Gasteiger partial charge >= 0.3 is 5.97 Å². The van der Waals surface area contributed by atoms with Gasteiger partial charge in [0.15, 0.2) is 5.16 Å². The molecule has 188 valence electrons. The first-order valence-electron chi connectivity index (χ1n) is 11.1. The van der Waals surface area contributed by atoms with E-state index in [0.29, 0.717) is 21.4 Å². The van der Waals surface area contributed by atoms with Gasteiger partial charge in [0.2, 0.25) is 11.9 Å². The number of aromatic amines is 1. The van der Waals surface area contributed by atoms with Crippen LogP contribution >= 0.6 is 23.5 Å². The Morgan fingerprint density at radius 2 is 1.95 bits per heavy atom. The molecule has 3 aromatic rings. The number of phenolic OH excluding ortho intramolecular Hbond substituents is 1. The van der Waals surface area contributed by atoms with E-state index in [1.807, 2.05) is 30.3 Å². The van der Waals surface area contributed by atoms with Crippen LogP contribution in [0.1, 0.15) is 11.1 Å². The molecule has 2 aliphatic heterocycles. The number of hydrogen-bond acceptors (Lipinski definition) is 9. The molecule has 0 aliphatic carbocycles. The topological polar surface area (TPSA) is 161 Å². The minimum Gasteiger partial charge on any atom is -0.507 e. The number of aliphatic imine (C=N–C) groups is 1. The summed E-state index contributed by atoms with van der Waals surface area (Å²) in [7, 11) is 0. The van der Waals surface area contributed by atoms with Gasteiger partial charge in [0.1, 0.15) is 22.9 Å². The van der Waals surface area contributed by atoms with Gasteiger partial charge in [-0.3, -0.25) is 14.5 Å². The number of carbonyl (C=O) groups is 3. The molecule has 0 saturated carbocycles. The molecule has 1 saturated heterocycles. The van der Waals surface area contributed by atoms with Crippen LogP contribution in [0.2, 0.25) is 0 Å². The van der Waals surface area contributed by atoms with Gasteiger partial charge in [-0.25, -0.2) is 9.79 Å². The molecular weight excluding hydrogens is 516 g/mol. The molecule has 37 heavy (non-hydrogen) atoms. The Morgan fingerprint density at radius 1 is 1.19 bits per heavy atom. The fourth-order valence-electron chi connectivity index (χ4n) is 3.86. The van der Waals surface area contributed by atoms with Gasteiger partial charge in [-0.15, -0.1) is 22.0 Å². The molecule has 13 heteroatoms. The highest BCUT2D eigenvalue weighted by molar-refractivity contribution is 8.06. The summed E-state index contributed by atoms with van der Waals surface area (Å²) in [5.41, 5.74) is 1.18. The lowest BCUT2D eigenvalue weighted by atomic mass is 10.0. The molecule has 1 aromatic heterocycles. The number of H-pyrrole nitrogens is 1. The van der Waals surface area contributed by atoms with Crippen LogP contribution in [0.25, 0.3) is 0 Å². The van der Waals surface area contributed by atoms with Crippen LogP contribution in [-0.2, 0) is 20.8 Å². The molecule has 0 spiro atoms. The fraction of sp³-hybridized carbons (Fsp3) is 0.167. The quantitative estimate of drug-likeness (QED) is 0.250. The molecule has 4 N–H and O–H groups in total. The van der Waals surface area contributed by atoms with Crippen molar-refractivity contribution < 1.29 is 24.6 Å². The third-order valence-electron chi connectivity index (χ3n) is 5.60. The number of aromatic nitrogens is 3. The van der Waals surface area contributed by atoms with Gasteiger partial charge in [0, 0.05) is 22.4 Å². The smallest absolute Gasteiger partial charge is 0.353 e. The maximum atomic E-state index is 12.9. The Kier molecular flexibility index (Phi) is 6.97. The predicted molar refractivity (Wildman–Crippen MR) is 137 cm³/mol. The van der Waals surface area contributed by atoms with E-state index in [4.69, 9.17) is 0 Å². The minimum atomic E-state index is -1.24. The Morgan fingerprint density at radius 3 is 2.70 bits per heavy atom. The van der Waals surface area contributed by atoms with Crippen molar-refractivity contribution in [1.82, 2.24) is 25.4 Å². The number of hydrogen-bond donors (Lipinski definition) is 4. The van der Waals surface area contributed by atoms with Crippen LogP contribution in [0.15, 0.2) is 75.3 Å². The summed E-state index contributed by atoms with van der Waals surface area (Å²) in [6.07, 6.45) is 1.56. The fourth-order valence-corrected chi connectivity index (χ4v) is 6.24. The van der Waals surface area contributed by atoms with Gasteiger partial charge in [-0.05, 0) is 17.7 Å². The number of aliphatic carboxylic acids is 1. The average Bonchev–Trinajstić information content (AvgIpc) is 3.34. The number of fused-ring (bicyclic) bond motifs is 1. The molecule has 1 fully saturated rings. The van der Waals surface area contributed by atoms with E-state index in [2.05, 4.69) is 25.5 Å². The second kappa shape index (κ2) is 10.5. The number of thioether (sulfide) groups is 2. The highest BCUT2D eigenvalue weighted by Gasteiger charge is 2.54. The molecule has 0 bridgehead atoms. The number of aromatic hydroxyl groups is 1. The second-order valence-electron chi connectivity index (χ2n) is 8.07. The molecule has 2 amide bonds. The van der Waals surface area contributed by atoms with E-state index in [-0.39, 0.29) is 29.7 Å². The van der Waals surface area contributed by atoms with E-state index in [9.17, 15) is 24.6 Å². The largest absolute Gasteiger partial charge is 0.507 e. The number of amides is 2. The number of phenols is 1. The predicted octanol–water partition coefficient (Wildman–Crippen LogP) is 2.29. The van der Waals surface area contributed by atoms with Crippen molar-refractivity contribution in [2.45, 2.75) is 23.0 Å². The zero-order chi connectivity index (χ0) is 25.9. The summed E-state index contributed by atoms with van der Waals surface area (Å²) in [5, 5.41) is 30.2. The molecule has 11 nitrogen and oxygen atoms in total. The monoisotopic (exact) mass is 536 g/mol. The van der Waals surface area contributed by atoms with Crippen LogP contribution in [0.3, 0.4) is 0 Å². The summed E-state index contributed by atoms with van der Waals surface area (Å²) in [5.74, 6) is -1.47. The molecule has 0 radical (unpaired) electrons. The molecule has 2 aliphatic rings. The first-order valence-corrected chi connectivity index (χ1v) is 12.9. The lowest BCUT2D eigenvalue weighted by Crippen LogP contribution is -2.70. The first-order chi connectivity index (χ1) is 17.9. The summed E-state index contributed by atoms with van der Waals surface area (Å²) in [6, 6.07) is 15.0. The number of nitrogens with one attached hydrogen (secondary N) is 2. The maximum Gasteiger partial charge on any atom is 0.353 e. The van der Waals surface area contributed by atoms with Crippen molar-refractivity contribution in [2.75, 3.05) is 5.75 Å². The number of carboxylic acid groups (broad SMARTS) is 1. The Hall–Kier alpha value is -4.10. The summed E-state index contributed by atoms with van der Waals surface area (Å²) < 4.78 is 0. The normalized spacial score (nSPS) is 19.0. The van der Waals surface area contributed by atoms with Gasteiger partial charge in [-0.1, -0.05) is 54.2 Å². The van der Waals surface area contributed by atoms with Gasteiger partial charge < -0.3 is 20.5 Å². The molecule has 0 unspecified atom stereocenters. The van der Waals surface area contributed by atoms with Crippen molar-refractivity contribution in [2.24, 2.45) is 4.99 Å². The summed E-state index contributed by atoms with van der Waals surface area (Å²) >= 11 is 2.42. The Balaban J connectivity index is 1.27. The number of rotatable bonds is 8. The highest BCUT2D eigenvalue weighted by atomic mass is 32.2. The van der Waals surface area contributed by atoms with Crippen LogP contribution in [0, 0.1) is 0 Å². The van der Waals surface area contributed by atoms with Crippen molar-refractivity contribution >= 4 is 53.5 Å². The van der Waals surface area contributed by atoms with Gasteiger partial charge in [-0.2, -0.15) is 0 Å². The van der Waals surface area contributed by atoms with E-state index in [1.54, 1.807) is 18.2 Å². The summed E-state index contributed by atoms with van der Waals surface area (Å²) in [6.45, 7) is 0. The summed E-state index contributed by atoms with van der Waals surface area (Å²) in [4.78, 5) is 46.1. The molecule has 2 atom stereocenters. The van der Waals surface area contributed by atoms with Crippen LogP contribution in [0.5, 0.6) is 5.75 Å². The van der Waals surface area contributed by atoms with Crippen molar-refractivity contribution in [3.05, 3.63) is 76.3 Å². The van der Waals surface area contributed by atoms with Crippen molar-refractivity contribution in [1.29, 1.82) is 0 Å². The Labute approximate surface area is 219 Å². The standard InChI is InChI=1S/C24H20N6O5S2/c31-15-9-5-4-8-14(15)11-25-23-27-24(29-28-23)37-16-12-36-21-18(20(33)30(21)19(16)22(34)35)26-17(32)10-13-6-2-1-3-7-13/h1-9,11,18,21,31H,10,12H2,(H,26,32)(H,34,35)(H,27,28,29)/t18-,21+/m1/s1. The van der Waals surface area contributed by atoms with E-state index in [1.165, 1.54) is 28.9 Å². The molecule has 3 heterocycles. The second-order valence-corrected chi connectivity index (χ2v) is 10.3. The lowest BCUT2D eigenvalue weighted by molar-refractivity contribution is -0.150. The highest BCUT2D eigenvalue weighted by Crippen LogP contribution is 2.44. The number of β-lactam (4-membered cyclic amide) rings is 1. The molecule has 2 aromatic carbocycles. The van der Waals surface area contributed by atoms with Gasteiger partial charge in [0.05, 0.1) is 6.42 Å². The number of benzene rings is 2.